The molecule has 0 spiro atoms. The van der Waals surface area contributed by atoms with Crippen LogP contribution in [0.4, 0.5) is 0 Å². The number of nitriles is 1. The van der Waals surface area contributed by atoms with Crippen molar-refractivity contribution in [2.24, 2.45) is 0 Å². The largest absolute Gasteiger partial charge is 0.491 e. The summed E-state index contributed by atoms with van der Waals surface area (Å²) < 4.78 is 7.44. The number of ketones is 1. The molecule has 0 unspecified atom stereocenters. The molecule has 0 amide bonds. The van der Waals surface area contributed by atoms with Gasteiger partial charge in [0.2, 0.25) is 0 Å². The van der Waals surface area contributed by atoms with Crippen molar-refractivity contribution in [2.45, 2.75) is 13.5 Å². The van der Waals surface area contributed by atoms with Crippen LogP contribution in [0.15, 0.2) is 42.6 Å². The fraction of sp³-hybridized carbons (Fsp3) is 0.200. The maximum Gasteiger partial charge on any atom is 0.163 e. The quantitative estimate of drug-likeness (QED) is 0.771. The van der Waals surface area contributed by atoms with Crippen molar-refractivity contribution in [1.29, 1.82) is 5.26 Å². The Bertz CT molecular complexity index is 623. The highest BCUT2D eigenvalue weighted by atomic mass is 16.5. The van der Waals surface area contributed by atoms with Crippen LogP contribution in [-0.4, -0.2) is 17.0 Å². The average molecular weight is 254 g/mol. The second-order valence-corrected chi connectivity index (χ2v) is 4.10. The third-order valence-electron chi connectivity index (χ3n) is 2.80. The molecular weight excluding hydrogens is 240 g/mol. The van der Waals surface area contributed by atoms with E-state index in [1.54, 1.807) is 18.2 Å². The van der Waals surface area contributed by atoms with E-state index >= 15 is 0 Å². The number of aromatic nitrogens is 1. The second kappa shape index (κ2) is 5.87. The molecule has 4 heteroatoms. The number of Topliss-reactive ketones (excluding diaryl/α,β-unsaturated/α-hetero) is 1. The van der Waals surface area contributed by atoms with Gasteiger partial charge in [0.05, 0.1) is 12.1 Å². The molecule has 0 N–H and O–H groups in total. The molecule has 1 heterocycles. The molecule has 0 aliphatic rings. The van der Waals surface area contributed by atoms with E-state index in [9.17, 15) is 4.79 Å². The smallest absolute Gasteiger partial charge is 0.163 e. The summed E-state index contributed by atoms with van der Waals surface area (Å²) in [6.07, 6.45) is 1.83. The number of rotatable bonds is 5. The lowest BCUT2D eigenvalue weighted by Gasteiger charge is -2.10. The highest BCUT2D eigenvalue weighted by Gasteiger charge is 2.07. The molecule has 0 saturated heterocycles. The van der Waals surface area contributed by atoms with Crippen LogP contribution in [0.25, 0.3) is 0 Å². The van der Waals surface area contributed by atoms with Gasteiger partial charge in [-0.15, -0.1) is 0 Å². The molecule has 0 aliphatic carbocycles. The topological polar surface area (TPSA) is 55.0 Å². The Morgan fingerprint density at radius 1 is 1.32 bits per heavy atom. The average Bonchev–Trinajstić information content (AvgIpc) is 2.86. The molecule has 2 rings (SSSR count). The van der Waals surface area contributed by atoms with Crippen LogP contribution in [0.5, 0.6) is 5.75 Å². The first-order chi connectivity index (χ1) is 9.22. The van der Waals surface area contributed by atoms with Gasteiger partial charge in [-0.25, -0.2) is 0 Å². The van der Waals surface area contributed by atoms with E-state index in [1.807, 2.05) is 29.0 Å². The third-order valence-corrected chi connectivity index (χ3v) is 2.80. The summed E-state index contributed by atoms with van der Waals surface area (Å²) in [4.78, 5) is 11.4. The Morgan fingerprint density at radius 2 is 2.11 bits per heavy atom. The zero-order valence-corrected chi connectivity index (χ0v) is 10.7. The first kappa shape index (κ1) is 12.9. The molecule has 0 fully saturated rings. The van der Waals surface area contributed by atoms with Gasteiger partial charge in [0, 0.05) is 6.20 Å². The zero-order chi connectivity index (χ0) is 13.7. The molecule has 1 aromatic carbocycles. The van der Waals surface area contributed by atoms with Crippen LogP contribution >= 0.6 is 0 Å². The first-order valence-electron chi connectivity index (χ1n) is 6.00. The fourth-order valence-corrected chi connectivity index (χ4v) is 1.85. The van der Waals surface area contributed by atoms with Gasteiger partial charge in [0.25, 0.3) is 0 Å². The molecular formula is C15H14N2O2. The summed E-state index contributed by atoms with van der Waals surface area (Å²) in [5, 5.41) is 8.88. The van der Waals surface area contributed by atoms with E-state index in [0.717, 1.165) is 0 Å². The predicted molar refractivity (Wildman–Crippen MR) is 71.1 cm³/mol. The van der Waals surface area contributed by atoms with Gasteiger partial charge >= 0.3 is 0 Å². The van der Waals surface area contributed by atoms with Crippen molar-refractivity contribution in [3.05, 3.63) is 53.9 Å². The molecule has 2 aromatic rings. The molecule has 19 heavy (non-hydrogen) atoms. The van der Waals surface area contributed by atoms with E-state index < -0.39 is 0 Å². The summed E-state index contributed by atoms with van der Waals surface area (Å²) in [5.74, 6) is 0.565. The second-order valence-electron chi connectivity index (χ2n) is 4.10. The van der Waals surface area contributed by atoms with E-state index in [2.05, 4.69) is 6.07 Å². The number of para-hydroxylation sites is 1. The molecule has 96 valence electrons. The van der Waals surface area contributed by atoms with E-state index in [0.29, 0.717) is 30.2 Å². The molecule has 0 saturated carbocycles. The van der Waals surface area contributed by atoms with Crippen molar-refractivity contribution < 1.29 is 9.53 Å². The number of hydrogen-bond donors (Lipinski definition) is 0. The van der Waals surface area contributed by atoms with E-state index in [1.165, 1.54) is 6.92 Å². The maximum atomic E-state index is 11.4. The number of nitrogens with zero attached hydrogens (tertiary/aromatic N) is 2. The van der Waals surface area contributed by atoms with Crippen LogP contribution in [0.1, 0.15) is 23.0 Å². The fourth-order valence-electron chi connectivity index (χ4n) is 1.85. The number of benzene rings is 1. The minimum Gasteiger partial charge on any atom is -0.491 e. The van der Waals surface area contributed by atoms with Crippen molar-refractivity contribution in [3.63, 3.8) is 0 Å². The Kier molecular flexibility index (Phi) is 3.99. The normalized spacial score (nSPS) is 9.89. The lowest BCUT2D eigenvalue weighted by atomic mass is 10.1. The lowest BCUT2D eigenvalue weighted by molar-refractivity contribution is 0.101. The molecule has 0 atom stereocenters. The van der Waals surface area contributed by atoms with Gasteiger partial charge in [0.15, 0.2) is 5.78 Å². The number of carbonyl (C=O) groups is 1. The standard InChI is InChI=1S/C15H14N2O2/c1-12(18)14-6-2-3-7-15(14)19-10-9-17-8-4-5-13(17)11-16/h2-8H,9-10H2,1H3. The van der Waals surface area contributed by atoms with Gasteiger partial charge < -0.3 is 9.30 Å². The van der Waals surface area contributed by atoms with Gasteiger partial charge in [-0.05, 0) is 31.2 Å². The summed E-state index contributed by atoms with van der Waals surface area (Å²) in [6, 6.07) is 12.8. The summed E-state index contributed by atoms with van der Waals surface area (Å²) in [7, 11) is 0. The highest BCUT2D eigenvalue weighted by molar-refractivity contribution is 5.96. The third kappa shape index (κ3) is 3.02. The van der Waals surface area contributed by atoms with Crippen molar-refractivity contribution in [1.82, 2.24) is 4.57 Å². The Balaban J connectivity index is 2.01. The van der Waals surface area contributed by atoms with Crippen LogP contribution in [0.2, 0.25) is 0 Å². The Labute approximate surface area is 111 Å². The van der Waals surface area contributed by atoms with Crippen LogP contribution in [-0.2, 0) is 6.54 Å². The number of ether oxygens (including phenoxy) is 1. The van der Waals surface area contributed by atoms with Crippen LogP contribution < -0.4 is 4.74 Å². The molecule has 0 radical (unpaired) electrons. The number of carbonyl (C=O) groups excluding carboxylic acids is 1. The number of hydrogen-bond acceptors (Lipinski definition) is 3. The van der Waals surface area contributed by atoms with Gasteiger partial charge in [0.1, 0.15) is 24.1 Å². The van der Waals surface area contributed by atoms with Crippen LogP contribution in [0, 0.1) is 11.3 Å². The molecule has 1 aromatic heterocycles. The molecule has 4 nitrogen and oxygen atoms in total. The highest BCUT2D eigenvalue weighted by Crippen LogP contribution is 2.18. The SMILES string of the molecule is CC(=O)c1ccccc1OCCn1cccc1C#N. The first-order valence-corrected chi connectivity index (χ1v) is 6.00. The van der Waals surface area contributed by atoms with Gasteiger partial charge in [-0.1, -0.05) is 12.1 Å². The summed E-state index contributed by atoms with van der Waals surface area (Å²) >= 11 is 0. The molecule has 0 bridgehead atoms. The van der Waals surface area contributed by atoms with Crippen molar-refractivity contribution in [3.8, 4) is 11.8 Å². The zero-order valence-electron chi connectivity index (χ0n) is 10.7. The maximum absolute atomic E-state index is 11.4. The van der Waals surface area contributed by atoms with Crippen molar-refractivity contribution >= 4 is 5.78 Å². The van der Waals surface area contributed by atoms with Gasteiger partial charge in [-0.2, -0.15) is 5.26 Å². The Hall–Kier alpha value is -2.54. The predicted octanol–water partition coefficient (Wildman–Crippen LogP) is 2.64. The minimum absolute atomic E-state index is 0.0192. The monoisotopic (exact) mass is 254 g/mol. The van der Waals surface area contributed by atoms with Gasteiger partial charge in [-0.3, -0.25) is 4.79 Å². The van der Waals surface area contributed by atoms with Crippen LogP contribution in [0.3, 0.4) is 0 Å². The van der Waals surface area contributed by atoms with E-state index in [4.69, 9.17) is 10.00 Å². The van der Waals surface area contributed by atoms with Crippen molar-refractivity contribution in [2.75, 3.05) is 6.61 Å². The lowest BCUT2D eigenvalue weighted by Crippen LogP contribution is -2.10. The summed E-state index contributed by atoms with van der Waals surface area (Å²) in [6.45, 7) is 2.50. The molecule has 0 aliphatic heterocycles. The minimum atomic E-state index is -0.0192. The summed E-state index contributed by atoms with van der Waals surface area (Å²) in [5.41, 5.74) is 1.18. The Morgan fingerprint density at radius 3 is 2.84 bits per heavy atom. The van der Waals surface area contributed by atoms with E-state index in [-0.39, 0.29) is 5.78 Å².